The minimum absolute atomic E-state index is 0.0458. The summed E-state index contributed by atoms with van der Waals surface area (Å²) in [4.78, 5) is 39.6. The van der Waals surface area contributed by atoms with Gasteiger partial charge >= 0.3 is 6.03 Å². The van der Waals surface area contributed by atoms with Gasteiger partial charge in [-0.1, -0.05) is 6.07 Å². The van der Waals surface area contributed by atoms with Gasteiger partial charge in [-0.25, -0.2) is 14.7 Å². The van der Waals surface area contributed by atoms with E-state index in [2.05, 4.69) is 30.8 Å². The molecule has 1 atom stereocenters. The van der Waals surface area contributed by atoms with Crippen molar-refractivity contribution in [3.8, 4) is 0 Å². The second-order valence-corrected chi connectivity index (χ2v) is 11.0. The zero-order valence-electron chi connectivity index (χ0n) is 23.7. The van der Waals surface area contributed by atoms with Gasteiger partial charge in [0, 0.05) is 37.2 Å². The number of amides is 3. The molecule has 5 N–H and O–H groups in total. The molecule has 0 spiro atoms. The number of ether oxygens (including phenoxy) is 1. The zero-order chi connectivity index (χ0) is 29.1. The number of rotatable bonds is 6. The number of pyridine rings is 1. The minimum atomic E-state index is -0.264. The molecule has 2 aromatic rings. The Morgan fingerprint density at radius 2 is 1.90 bits per heavy atom. The summed E-state index contributed by atoms with van der Waals surface area (Å²) >= 11 is 0. The Morgan fingerprint density at radius 1 is 1.10 bits per heavy atom. The molecule has 3 amide bonds. The van der Waals surface area contributed by atoms with Crippen LogP contribution < -0.4 is 25.8 Å². The maximum absolute atomic E-state index is 12.8. The highest BCUT2D eigenvalue weighted by Crippen LogP contribution is 2.28. The summed E-state index contributed by atoms with van der Waals surface area (Å²) in [5.41, 5.74) is 3.96. The van der Waals surface area contributed by atoms with Gasteiger partial charge in [-0.15, -0.1) is 0 Å². The molecule has 1 aromatic heterocycles. The van der Waals surface area contributed by atoms with Gasteiger partial charge in [-0.05, 0) is 62.4 Å². The van der Waals surface area contributed by atoms with Crippen molar-refractivity contribution in [3.05, 3.63) is 72.0 Å². The second kappa shape index (κ2) is 12.3. The molecule has 3 aliphatic heterocycles. The predicted octanol–water partition coefficient (Wildman–Crippen LogP) is 1.79. The average Bonchev–Trinajstić information content (AvgIpc) is 3.49. The number of aliphatic hydroxyl groups is 1. The van der Waals surface area contributed by atoms with Crippen molar-refractivity contribution in [2.45, 2.75) is 44.8 Å². The number of carbonyl (C=O) groups excluding carboxylic acids is 2. The lowest BCUT2D eigenvalue weighted by Gasteiger charge is -2.31. The highest BCUT2D eigenvalue weighted by Gasteiger charge is 2.32. The molecule has 12 heteroatoms. The minimum Gasteiger partial charge on any atom is -0.393 e. The fourth-order valence-corrected chi connectivity index (χ4v) is 5.74. The number of morpholine rings is 1. The van der Waals surface area contributed by atoms with E-state index in [9.17, 15) is 14.7 Å². The highest BCUT2D eigenvalue weighted by molar-refractivity contribution is 5.98. The number of aliphatic imine (C=N–C) groups is 1. The first kappa shape index (κ1) is 27.9. The number of nitrogens with zero attached hydrogens (tertiary/aromatic N) is 4. The average molecular weight is 574 g/mol. The number of anilines is 3. The van der Waals surface area contributed by atoms with Crippen LogP contribution in [0.5, 0.6) is 0 Å². The number of fused-ring (bicyclic) bond motifs is 1. The summed E-state index contributed by atoms with van der Waals surface area (Å²) in [7, 11) is 0. The first-order chi connectivity index (χ1) is 20.4. The molecule has 1 aromatic carbocycles. The number of urea groups is 1. The third kappa shape index (κ3) is 6.15. The first-order valence-corrected chi connectivity index (χ1v) is 14.5. The van der Waals surface area contributed by atoms with Crippen LogP contribution >= 0.6 is 0 Å². The molecule has 42 heavy (non-hydrogen) atoms. The van der Waals surface area contributed by atoms with Crippen LogP contribution in [0, 0.1) is 6.92 Å². The number of hydrogen-bond donors (Lipinski definition) is 5. The van der Waals surface area contributed by atoms with Crippen LogP contribution in [-0.2, 0) is 4.74 Å². The number of quaternary nitrogens is 1. The molecule has 1 unspecified atom stereocenters. The van der Waals surface area contributed by atoms with E-state index in [1.165, 1.54) is 0 Å². The van der Waals surface area contributed by atoms with Gasteiger partial charge in [0.1, 0.15) is 17.7 Å². The molecule has 6 rings (SSSR count). The normalized spacial score (nSPS) is 23.5. The van der Waals surface area contributed by atoms with Gasteiger partial charge in [-0.2, -0.15) is 4.99 Å². The molecule has 0 bridgehead atoms. The number of nitrogens with one attached hydrogen (secondary N) is 4. The Balaban J connectivity index is 1.16. The lowest BCUT2D eigenvalue weighted by molar-refractivity contribution is -0.743. The Kier molecular flexibility index (Phi) is 8.17. The summed E-state index contributed by atoms with van der Waals surface area (Å²) < 4.78 is 5.35. The molecule has 1 saturated heterocycles. The van der Waals surface area contributed by atoms with Gasteiger partial charge in [0.05, 0.1) is 36.8 Å². The first-order valence-electron chi connectivity index (χ1n) is 14.5. The van der Waals surface area contributed by atoms with Crippen molar-refractivity contribution in [2.75, 3.05) is 48.5 Å². The van der Waals surface area contributed by atoms with Crippen LogP contribution in [0.2, 0.25) is 0 Å². The van der Waals surface area contributed by atoms with E-state index in [-0.39, 0.29) is 24.1 Å². The van der Waals surface area contributed by atoms with E-state index in [4.69, 9.17) is 4.74 Å². The SMILES string of the molecule is Cc1c(NC(=O)NC2CCC(O)CC2)cccc1N1C=C(Nc2ccc(C(=O)N3CCOCC3)cn2)C2=NC=C[NH+]2C1. The largest absolute Gasteiger partial charge is 0.393 e. The van der Waals surface area contributed by atoms with Gasteiger partial charge in [-0.3, -0.25) is 9.69 Å². The molecule has 4 heterocycles. The standard InChI is InChI=1S/C30H36N8O4/c1-20-24(35-30(41)33-22-6-8-23(39)9-7-22)3-2-4-26(20)38-18-25(28-31-11-12-37(28)19-38)34-27-10-5-21(17-32-27)29(40)36-13-15-42-16-14-36/h2-5,10-12,17-18,22-23,39H,6-9,13-16,19H2,1H3,(H,32,34)(H2,33,35,41)/p+1. The summed E-state index contributed by atoms with van der Waals surface area (Å²) in [5.74, 6) is 1.41. The van der Waals surface area contributed by atoms with E-state index >= 15 is 0 Å². The Labute approximate surface area is 244 Å². The van der Waals surface area contributed by atoms with Crippen molar-refractivity contribution in [1.82, 2.24) is 15.2 Å². The van der Waals surface area contributed by atoms with Gasteiger partial charge in [0.15, 0.2) is 6.67 Å². The third-order valence-corrected chi connectivity index (χ3v) is 8.13. The molecule has 4 aliphatic rings. The van der Waals surface area contributed by atoms with Crippen molar-refractivity contribution < 1.29 is 24.3 Å². The van der Waals surface area contributed by atoms with E-state index < -0.39 is 0 Å². The molecule has 1 saturated carbocycles. The maximum atomic E-state index is 12.8. The fourth-order valence-electron chi connectivity index (χ4n) is 5.74. The molecule has 1 aliphatic carbocycles. The topological polar surface area (TPSA) is 136 Å². The van der Waals surface area contributed by atoms with Crippen molar-refractivity contribution in [2.24, 2.45) is 4.99 Å². The maximum Gasteiger partial charge on any atom is 0.319 e. The fraction of sp³-hybridized carbons (Fsp3) is 0.400. The number of amidine groups is 1. The Hall–Kier alpha value is -4.26. The highest BCUT2D eigenvalue weighted by atomic mass is 16.5. The number of hydrogen-bond acceptors (Lipinski definition) is 8. The van der Waals surface area contributed by atoms with E-state index in [1.807, 2.05) is 37.5 Å². The molecular formula is C30H37N8O4+. The Morgan fingerprint density at radius 3 is 2.67 bits per heavy atom. The molecule has 12 nitrogen and oxygen atoms in total. The number of aliphatic hydroxyl groups excluding tert-OH is 1. The van der Waals surface area contributed by atoms with Crippen molar-refractivity contribution in [1.29, 1.82) is 0 Å². The number of carbonyl (C=O) groups is 2. The van der Waals surface area contributed by atoms with Gasteiger partial charge in [0.2, 0.25) is 0 Å². The summed E-state index contributed by atoms with van der Waals surface area (Å²) in [6, 6.07) is 9.28. The molecule has 0 radical (unpaired) electrons. The third-order valence-electron chi connectivity index (χ3n) is 8.13. The van der Waals surface area contributed by atoms with Crippen LogP contribution in [0.15, 0.2) is 65.8 Å². The van der Waals surface area contributed by atoms with Gasteiger partial charge in [0.25, 0.3) is 11.7 Å². The number of aromatic nitrogens is 1. The summed E-state index contributed by atoms with van der Waals surface area (Å²) in [5, 5.41) is 19.2. The lowest BCUT2D eigenvalue weighted by atomic mass is 9.93. The summed E-state index contributed by atoms with van der Waals surface area (Å²) in [6.07, 6.45) is 10.1. The van der Waals surface area contributed by atoms with Gasteiger partial charge < -0.3 is 30.7 Å². The van der Waals surface area contributed by atoms with Crippen LogP contribution in [0.1, 0.15) is 41.6 Å². The van der Waals surface area contributed by atoms with Crippen LogP contribution in [0.3, 0.4) is 0 Å². The molecule has 2 fully saturated rings. The van der Waals surface area contributed by atoms with Crippen LogP contribution in [0.4, 0.5) is 22.0 Å². The Bertz CT molecular complexity index is 1410. The monoisotopic (exact) mass is 573 g/mol. The molecular weight excluding hydrogens is 536 g/mol. The quantitative estimate of drug-likeness (QED) is 0.356. The van der Waals surface area contributed by atoms with E-state index in [0.717, 1.165) is 46.2 Å². The zero-order valence-corrected chi connectivity index (χ0v) is 23.7. The van der Waals surface area contributed by atoms with Crippen molar-refractivity contribution >= 4 is 35.0 Å². The molecule has 220 valence electrons. The van der Waals surface area contributed by atoms with Crippen molar-refractivity contribution in [3.63, 3.8) is 0 Å². The predicted molar refractivity (Wildman–Crippen MR) is 159 cm³/mol. The van der Waals surface area contributed by atoms with E-state index in [1.54, 1.807) is 29.4 Å². The van der Waals surface area contributed by atoms with Crippen LogP contribution in [-0.4, -0.2) is 77.9 Å². The van der Waals surface area contributed by atoms with Crippen LogP contribution in [0.25, 0.3) is 0 Å². The number of benzene rings is 1. The smallest absolute Gasteiger partial charge is 0.319 e. The second-order valence-electron chi connectivity index (χ2n) is 11.0. The van der Waals surface area contributed by atoms with E-state index in [0.29, 0.717) is 57.2 Å². The summed E-state index contributed by atoms with van der Waals surface area (Å²) in [6.45, 7) is 4.89. The lowest BCUT2D eigenvalue weighted by Crippen LogP contribution is -3.12.